The van der Waals surface area contributed by atoms with Gasteiger partial charge >= 0.3 is 5.97 Å². The first-order valence-electron chi connectivity index (χ1n) is 7.33. The molecule has 0 radical (unpaired) electrons. The van der Waals surface area contributed by atoms with Gasteiger partial charge in [0.1, 0.15) is 5.75 Å². The van der Waals surface area contributed by atoms with E-state index < -0.39 is 24.4 Å². The number of amides is 2. The number of nitrogens with one attached hydrogen (secondary N) is 2. The van der Waals surface area contributed by atoms with Crippen molar-refractivity contribution in [2.75, 3.05) is 13.2 Å². The Bertz CT molecular complexity index is 796. The third-order valence-corrected chi connectivity index (χ3v) is 3.41. The third-order valence-electron chi connectivity index (χ3n) is 2.92. The van der Waals surface area contributed by atoms with Gasteiger partial charge in [-0.1, -0.05) is 29.3 Å². The molecule has 9 heteroatoms. The van der Waals surface area contributed by atoms with Gasteiger partial charge in [0.05, 0.1) is 5.56 Å². The highest BCUT2D eigenvalue weighted by Gasteiger charge is 2.11. The van der Waals surface area contributed by atoms with E-state index in [9.17, 15) is 14.4 Å². The predicted octanol–water partition coefficient (Wildman–Crippen LogP) is 2.38. The van der Waals surface area contributed by atoms with Crippen LogP contribution in [0.15, 0.2) is 48.5 Å². The van der Waals surface area contributed by atoms with Gasteiger partial charge in [0.15, 0.2) is 13.2 Å². The van der Waals surface area contributed by atoms with E-state index in [2.05, 4.69) is 10.9 Å². The Balaban J connectivity index is 1.67. The van der Waals surface area contributed by atoms with Crippen molar-refractivity contribution in [1.29, 1.82) is 0 Å². The summed E-state index contributed by atoms with van der Waals surface area (Å²) >= 11 is 11.5. The normalized spacial score (nSPS) is 9.92. The summed E-state index contributed by atoms with van der Waals surface area (Å²) in [6, 6.07) is 12.5. The molecular weight excluding hydrogens is 383 g/mol. The number of carbonyl (C=O) groups excluding carboxylic acids is 3. The van der Waals surface area contributed by atoms with Crippen molar-refractivity contribution in [2.45, 2.75) is 0 Å². The Morgan fingerprint density at radius 2 is 1.50 bits per heavy atom. The second-order valence-corrected chi connectivity index (χ2v) is 5.80. The van der Waals surface area contributed by atoms with Gasteiger partial charge in [-0.05, 0) is 42.5 Å². The molecule has 0 bridgehead atoms. The minimum atomic E-state index is -0.708. The zero-order chi connectivity index (χ0) is 18.9. The average molecular weight is 397 g/mol. The van der Waals surface area contributed by atoms with Crippen LogP contribution in [0.5, 0.6) is 5.75 Å². The molecule has 0 saturated carbocycles. The maximum atomic E-state index is 11.7. The van der Waals surface area contributed by atoms with Crippen molar-refractivity contribution in [3.05, 3.63) is 64.1 Å². The van der Waals surface area contributed by atoms with Gasteiger partial charge in [0, 0.05) is 10.0 Å². The molecule has 2 N–H and O–H groups in total. The molecule has 2 rings (SSSR count). The Morgan fingerprint density at radius 1 is 0.846 bits per heavy atom. The summed E-state index contributed by atoms with van der Waals surface area (Å²) in [5.41, 5.74) is 4.45. The number of ether oxygens (including phenoxy) is 2. The van der Waals surface area contributed by atoms with Crippen LogP contribution in [0.1, 0.15) is 10.4 Å². The number of esters is 1. The van der Waals surface area contributed by atoms with E-state index >= 15 is 0 Å². The van der Waals surface area contributed by atoms with Crippen LogP contribution in [0.3, 0.4) is 0 Å². The summed E-state index contributed by atoms with van der Waals surface area (Å²) in [5.74, 6) is -1.55. The fourth-order valence-corrected chi connectivity index (χ4v) is 2.04. The first kappa shape index (κ1) is 19.6. The van der Waals surface area contributed by atoms with Crippen molar-refractivity contribution in [3.8, 4) is 5.75 Å². The molecule has 26 heavy (non-hydrogen) atoms. The monoisotopic (exact) mass is 396 g/mol. The van der Waals surface area contributed by atoms with Crippen molar-refractivity contribution < 1.29 is 23.9 Å². The van der Waals surface area contributed by atoms with E-state index in [1.165, 1.54) is 12.1 Å². The lowest BCUT2D eigenvalue weighted by Crippen LogP contribution is -2.45. The molecule has 0 unspecified atom stereocenters. The van der Waals surface area contributed by atoms with E-state index in [4.69, 9.17) is 32.7 Å². The van der Waals surface area contributed by atoms with E-state index in [0.29, 0.717) is 15.8 Å². The number of benzene rings is 2. The molecule has 0 aromatic heterocycles. The Kier molecular flexibility index (Phi) is 7.25. The van der Waals surface area contributed by atoms with Crippen LogP contribution < -0.4 is 15.6 Å². The van der Waals surface area contributed by atoms with E-state index in [0.717, 1.165) is 0 Å². The van der Waals surface area contributed by atoms with Crippen LogP contribution in [-0.2, 0) is 14.3 Å². The van der Waals surface area contributed by atoms with Crippen LogP contribution in [0.4, 0.5) is 0 Å². The van der Waals surface area contributed by atoms with Gasteiger partial charge in [-0.3, -0.25) is 20.4 Å². The molecule has 7 nitrogen and oxygen atoms in total. The number of hydrogen-bond acceptors (Lipinski definition) is 5. The van der Waals surface area contributed by atoms with Crippen molar-refractivity contribution in [2.24, 2.45) is 0 Å². The summed E-state index contributed by atoms with van der Waals surface area (Å²) in [5, 5.41) is 0.915. The van der Waals surface area contributed by atoms with Gasteiger partial charge in [0.25, 0.3) is 11.8 Å². The number of carbonyl (C=O) groups is 3. The molecule has 2 amide bonds. The summed E-state index contributed by atoms with van der Waals surface area (Å²) < 4.78 is 10.0. The Hall–Kier alpha value is -2.77. The molecule has 0 aliphatic heterocycles. The topological polar surface area (TPSA) is 93.7 Å². The summed E-state index contributed by atoms with van der Waals surface area (Å²) in [7, 11) is 0. The molecule has 0 saturated heterocycles. The van der Waals surface area contributed by atoms with Crippen molar-refractivity contribution in [3.63, 3.8) is 0 Å². The van der Waals surface area contributed by atoms with E-state index in [-0.39, 0.29) is 12.2 Å². The standard InChI is InChI=1S/C17H14Cl2N2O5/c18-12-4-6-14(7-5-12)25-9-15(22)20-21-16(23)10-26-17(24)11-2-1-3-13(19)8-11/h1-8H,9-10H2,(H,20,22)(H,21,23). The van der Waals surface area contributed by atoms with E-state index in [1.807, 2.05) is 0 Å². The number of rotatable bonds is 6. The molecule has 0 fully saturated rings. The van der Waals surface area contributed by atoms with Crippen molar-refractivity contribution in [1.82, 2.24) is 10.9 Å². The van der Waals surface area contributed by atoms with Crippen LogP contribution in [0, 0.1) is 0 Å². The fourth-order valence-electron chi connectivity index (χ4n) is 1.72. The van der Waals surface area contributed by atoms with Gasteiger partial charge in [-0.25, -0.2) is 4.79 Å². The fraction of sp³-hybridized carbons (Fsp3) is 0.118. The summed E-state index contributed by atoms with van der Waals surface area (Å²) in [6.07, 6.45) is 0. The minimum Gasteiger partial charge on any atom is -0.484 e. The second-order valence-electron chi connectivity index (χ2n) is 4.93. The first-order chi connectivity index (χ1) is 12.4. The maximum Gasteiger partial charge on any atom is 0.338 e. The lowest BCUT2D eigenvalue weighted by atomic mass is 10.2. The molecule has 136 valence electrons. The minimum absolute atomic E-state index is 0.214. The number of hydrogen-bond donors (Lipinski definition) is 2. The predicted molar refractivity (Wildman–Crippen MR) is 95.0 cm³/mol. The highest BCUT2D eigenvalue weighted by molar-refractivity contribution is 6.31. The molecule has 0 aliphatic rings. The maximum absolute atomic E-state index is 11.7. The quantitative estimate of drug-likeness (QED) is 0.577. The Labute approximate surface area is 159 Å². The van der Waals surface area contributed by atoms with Gasteiger partial charge < -0.3 is 9.47 Å². The molecule has 0 spiro atoms. The van der Waals surface area contributed by atoms with Crippen LogP contribution in [-0.4, -0.2) is 31.0 Å². The zero-order valence-corrected chi connectivity index (χ0v) is 14.8. The van der Waals surface area contributed by atoms with Crippen molar-refractivity contribution >= 4 is 41.0 Å². The number of hydrazine groups is 1. The smallest absolute Gasteiger partial charge is 0.338 e. The van der Waals surface area contributed by atoms with E-state index in [1.54, 1.807) is 36.4 Å². The third kappa shape index (κ3) is 6.62. The van der Waals surface area contributed by atoms with Gasteiger partial charge in [-0.15, -0.1) is 0 Å². The highest BCUT2D eigenvalue weighted by atomic mass is 35.5. The molecule has 0 aliphatic carbocycles. The SMILES string of the molecule is O=C(COC(=O)c1cccc(Cl)c1)NNC(=O)COc1ccc(Cl)cc1. The average Bonchev–Trinajstić information content (AvgIpc) is 2.64. The summed E-state index contributed by atoms with van der Waals surface area (Å²) in [4.78, 5) is 34.9. The lowest BCUT2D eigenvalue weighted by Gasteiger charge is -2.09. The molecular formula is C17H14Cl2N2O5. The largest absolute Gasteiger partial charge is 0.484 e. The highest BCUT2D eigenvalue weighted by Crippen LogP contribution is 2.15. The van der Waals surface area contributed by atoms with Crippen LogP contribution >= 0.6 is 23.2 Å². The molecule has 2 aromatic carbocycles. The van der Waals surface area contributed by atoms with Gasteiger partial charge in [0.2, 0.25) is 0 Å². The molecule has 2 aromatic rings. The number of halogens is 2. The Morgan fingerprint density at radius 3 is 2.15 bits per heavy atom. The second kappa shape index (κ2) is 9.65. The first-order valence-corrected chi connectivity index (χ1v) is 8.08. The van der Waals surface area contributed by atoms with Crippen LogP contribution in [0.2, 0.25) is 10.0 Å². The zero-order valence-electron chi connectivity index (χ0n) is 13.3. The van der Waals surface area contributed by atoms with Crippen LogP contribution in [0.25, 0.3) is 0 Å². The lowest BCUT2D eigenvalue weighted by molar-refractivity contribution is -0.131. The van der Waals surface area contributed by atoms with Gasteiger partial charge in [-0.2, -0.15) is 0 Å². The molecule has 0 heterocycles. The summed E-state index contributed by atoms with van der Waals surface area (Å²) in [6.45, 7) is -0.881. The molecule has 0 atom stereocenters.